The molecule has 0 aliphatic carbocycles. The molecule has 0 fully saturated rings. The van der Waals surface area contributed by atoms with Gasteiger partial charge in [-0.05, 0) is 5.56 Å². The second kappa shape index (κ2) is 6.17. The first-order valence-corrected chi connectivity index (χ1v) is 6.88. The van der Waals surface area contributed by atoms with Crippen LogP contribution in [0.1, 0.15) is 12.5 Å². The van der Waals surface area contributed by atoms with E-state index in [-0.39, 0.29) is 5.91 Å². The fraction of sp³-hybridized carbons (Fsp3) is 0.125. The Kier molecular flexibility index (Phi) is 3.91. The zero-order valence-corrected chi connectivity index (χ0v) is 12.1. The molecule has 6 nitrogen and oxygen atoms in total. The lowest BCUT2D eigenvalue weighted by Gasteiger charge is -2.09. The number of hydrogen-bond donors (Lipinski definition) is 2. The topological polar surface area (TPSA) is 79.8 Å². The van der Waals surface area contributed by atoms with E-state index in [9.17, 15) is 4.79 Å². The van der Waals surface area contributed by atoms with Gasteiger partial charge in [-0.15, -0.1) is 0 Å². The van der Waals surface area contributed by atoms with E-state index in [4.69, 9.17) is 0 Å². The number of amides is 1. The smallest absolute Gasteiger partial charge is 0.222 e. The fourth-order valence-electron chi connectivity index (χ4n) is 2.12. The normalized spacial score (nSPS) is 10.4. The number of carbonyl (C=O) groups is 1. The second-order valence-corrected chi connectivity index (χ2v) is 4.83. The van der Waals surface area contributed by atoms with Crippen molar-refractivity contribution >= 4 is 28.4 Å². The molecule has 2 aromatic heterocycles. The van der Waals surface area contributed by atoms with Crippen molar-refractivity contribution in [2.24, 2.45) is 0 Å². The number of rotatable bonds is 4. The van der Waals surface area contributed by atoms with Gasteiger partial charge in [0.15, 0.2) is 0 Å². The Bertz CT molecular complexity index is 804. The lowest BCUT2D eigenvalue weighted by Crippen LogP contribution is -2.08. The van der Waals surface area contributed by atoms with E-state index in [0.29, 0.717) is 12.4 Å². The number of nitrogens with one attached hydrogen (secondary N) is 2. The van der Waals surface area contributed by atoms with Crippen molar-refractivity contribution in [1.82, 2.24) is 15.0 Å². The third-order valence-electron chi connectivity index (χ3n) is 3.13. The Morgan fingerprint density at radius 3 is 2.73 bits per heavy atom. The van der Waals surface area contributed by atoms with E-state index in [1.165, 1.54) is 13.3 Å². The highest BCUT2D eigenvalue weighted by molar-refractivity contribution is 5.93. The number of aromatic nitrogens is 3. The molecule has 2 heterocycles. The number of hydrogen-bond acceptors (Lipinski definition) is 5. The predicted octanol–water partition coefficient (Wildman–Crippen LogP) is 2.60. The summed E-state index contributed by atoms with van der Waals surface area (Å²) in [4.78, 5) is 23.8. The third-order valence-corrected chi connectivity index (χ3v) is 3.13. The van der Waals surface area contributed by atoms with Crippen LogP contribution < -0.4 is 10.6 Å². The van der Waals surface area contributed by atoms with E-state index < -0.39 is 0 Å². The van der Waals surface area contributed by atoms with Crippen molar-refractivity contribution < 1.29 is 4.79 Å². The molecule has 0 spiro atoms. The quantitative estimate of drug-likeness (QED) is 0.773. The summed E-state index contributed by atoms with van der Waals surface area (Å²) < 4.78 is 0. The van der Waals surface area contributed by atoms with Crippen molar-refractivity contribution in [1.29, 1.82) is 0 Å². The molecule has 1 aromatic carbocycles. The number of anilines is 2. The van der Waals surface area contributed by atoms with Gasteiger partial charge in [0.2, 0.25) is 5.91 Å². The summed E-state index contributed by atoms with van der Waals surface area (Å²) in [5.74, 6) is 1.03. The Hall–Kier alpha value is -3.02. The molecule has 0 aliphatic heterocycles. The zero-order chi connectivity index (χ0) is 15.4. The number of fused-ring (bicyclic) bond motifs is 1. The Morgan fingerprint density at radius 2 is 1.95 bits per heavy atom. The molecule has 0 aliphatic rings. The van der Waals surface area contributed by atoms with Crippen LogP contribution in [-0.2, 0) is 11.3 Å². The maximum absolute atomic E-state index is 11.1. The summed E-state index contributed by atoms with van der Waals surface area (Å²) in [5.41, 5.74) is 1.89. The molecule has 2 N–H and O–H groups in total. The number of carbonyl (C=O) groups excluding carboxylic acids is 1. The Labute approximate surface area is 127 Å². The van der Waals surface area contributed by atoms with Crippen LogP contribution in [0, 0.1) is 0 Å². The molecular formula is C16H15N5O. The Balaban J connectivity index is 1.85. The van der Waals surface area contributed by atoms with Gasteiger partial charge in [0, 0.05) is 25.7 Å². The highest BCUT2D eigenvalue weighted by Gasteiger charge is 2.06. The molecule has 0 radical (unpaired) electrons. The van der Waals surface area contributed by atoms with E-state index in [1.54, 1.807) is 12.3 Å². The van der Waals surface area contributed by atoms with E-state index in [1.807, 2.05) is 30.3 Å². The minimum atomic E-state index is -0.164. The minimum absolute atomic E-state index is 0.164. The lowest BCUT2D eigenvalue weighted by atomic mass is 10.2. The molecule has 0 bridgehead atoms. The van der Waals surface area contributed by atoms with Gasteiger partial charge in [-0.25, -0.2) is 15.0 Å². The van der Waals surface area contributed by atoms with E-state index in [2.05, 4.69) is 25.6 Å². The van der Waals surface area contributed by atoms with Crippen LogP contribution in [0.5, 0.6) is 0 Å². The van der Waals surface area contributed by atoms with Crippen LogP contribution in [0.25, 0.3) is 10.9 Å². The predicted molar refractivity (Wildman–Crippen MR) is 85.4 cm³/mol. The summed E-state index contributed by atoms with van der Waals surface area (Å²) in [6, 6.07) is 11.8. The zero-order valence-electron chi connectivity index (χ0n) is 12.1. The summed E-state index contributed by atoms with van der Waals surface area (Å²) in [7, 11) is 0. The van der Waals surface area contributed by atoms with Gasteiger partial charge in [-0.2, -0.15) is 0 Å². The molecule has 0 unspecified atom stereocenters. The van der Waals surface area contributed by atoms with Crippen LogP contribution in [0.3, 0.4) is 0 Å². The van der Waals surface area contributed by atoms with Gasteiger partial charge in [-0.3, -0.25) is 4.79 Å². The molecular weight excluding hydrogens is 278 g/mol. The van der Waals surface area contributed by atoms with Crippen LogP contribution in [-0.4, -0.2) is 20.9 Å². The molecule has 6 heteroatoms. The van der Waals surface area contributed by atoms with Crippen molar-refractivity contribution in [2.75, 3.05) is 10.6 Å². The number of benzene rings is 1. The van der Waals surface area contributed by atoms with E-state index >= 15 is 0 Å². The maximum atomic E-state index is 11.1. The molecule has 3 aromatic rings. The highest BCUT2D eigenvalue weighted by atomic mass is 16.1. The average molecular weight is 293 g/mol. The molecule has 3 rings (SSSR count). The SMILES string of the molecule is CC(=O)Nc1cc2ncnc(NCc3ccccc3)c2cn1. The summed E-state index contributed by atoms with van der Waals surface area (Å²) >= 11 is 0. The first-order chi connectivity index (χ1) is 10.7. The first-order valence-electron chi connectivity index (χ1n) is 6.88. The van der Waals surface area contributed by atoms with Gasteiger partial charge < -0.3 is 10.6 Å². The molecule has 110 valence electrons. The van der Waals surface area contributed by atoms with Crippen molar-refractivity contribution in [3.63, 3.8) is 0 Å². The van der Waals surface area contributed by atoms with E-state index in [0.717, 1.165) is 22.3 Å². The minimum Gasteiger partial charge on any atom is -0.365 e. The number of pyridine rings is 1. The van der Waals surface area contributed by atoms with Crippen LogP contribution in [0.2, 0.25) is 0 Å². The second-order valence-electron chi connectivity index (χ2n) is 4.83. The molecule has 0 saturated heterocycles. The van der Waals surface area contributed by atoms with Gasteiger partial charge >= 0.3 is 0 Å². The summed E-state index contributed by atoms with van der Waals surface area (Å²) in [6.45, 7) is 2.11. The molecule has 1 amide bonds. The molecule has 0 saturated carbocycles. The average Bonchev–Trinajstić information content (AvgIpc) is 2.53. The standard InChI is InChI=1S/C16H15N5O/c1-11(22)21-15-7-14-13(9-17-15)16(20-10-19-14)18-8-12-5-3-2-4-6-12/h2-7,9-10H,8H2,1H3,(H,17,21,22)(H,18,19,20). The molecule has 22 heavy (non-hydrogen) atoms. The molecule has 0 atom stereocenters. The summed E-state index contributed by atoms with van der Waals surface area (Å²) in [6.07, 6.45) is 3.15. The monoisotopic (exact) mass is 293 g/mol. The van der Waals surface area contributed by atoms with Gasteiger partial charge in [0.1, 0.15) is 18.0 Å². The third kappa shape index (κ3) is 3.17. The van der Waals surface area contributed by atoms with Gasteiger partial charge in [0.05, 0.1) is 10.9 Å². The largest absolute Gasteiger partial charge is 0.365 e. The van der Waals surface area contributed by atoms with Gasteiger partial charge in [0.25, 0.3) is 0 Å². The summed E-state index contributed by atoms with van der Waals surface area (Å²) in [5, 5.41) is 6.74. The highest BCUT2D eigenvalue weighted by Crippen LogP contribution is 2.21. The Morgan fingerprint density at radius 1 is 1.14 bits per heavy atom. The van der Waals surface area contributed by atoms with Crippen molar-refractivity contribution in [2.45, 2.75) is 13.5 Å². The van der Waals surface area contributed by atoms with Crippen LogP contribution in [0.15, 0.2) is 48.9 Å². The van der Waals surface area contributed by atoms with Crippen molar-refractivity contribution in [3.05, 3.63) is 54.5 Å². The maximum Gasteiger partial charge on any atom is 0.222 e. The van der Waals surface area contributed by atoms with Crippen LogP contribution in [0.4, 0.5) is 11.6 Å². The fourth-order valence-corrected chi connectivity index (χ4v) is 2.12. The number of nitrogens with zero attached hydrogens (tertiary/aromatic N) is 3. The van der Waals surface area contributed by atoms with Crippen molar-refractivity contribution in [3.8, 4) is 0 Å². The first kappa shape index (κ1) is 13.9. The van der Waals surface area contributed by atoms with Crippen LogP contribution >= 0.6 is 0 Å². The van der Waals surface area contributed by atoms with Gasteiger partial charge in [-0.1, -0.05) is 30.3 Å². The lowest BCUT2D eigenvalue weighted by molar-refractivity contribution is -0.114.